The Morgan fingerprint density at radius 2 is 2.08 bits per heavy atom. The zero-order chi connectivity index (χ0) is 9.78. The Morgan fingerprint density at radius 3 is 2.42 bits per heavy atom. The van der Waals surface area contributed by atoms with E-state index < -0.39 is 8.32 Å². The summed E-state index contributed by atoms with van der Waals surface area (Å²) < 4.78 is 4.93. The van der Waals surface area contributed by atoms with Gasteiger partial charge in [-0.2, -0.15) is 0 Å². The molecular weight excluding hydrogens is 172 g/mol. The quantitative estimate of drug-likeness (QED) is 0.537. The summed E-state index contributed by atoms with van der Waals surface area (Å²) in [4.78, 5) is 20.5. The van der Waals surface area contributed by atoms with Gasteiger partial charge in [-0.15, -0.1) is 0 Å². The van der Waals surface area contributed by atoms with Gasteiger partial charge in [0.05, 0.1) is 5.92 Å². The van der Waals surface area contributed by atoms with E-state index in [1.54, 1.807) is 13.1 Å². The van der Waals surface area contributed by atoms with E-state index in [9.17, 15) is 9.59 Å². The van der Waals surface area contributed by atoms with Crippen LogP contribution in [0.2, 0.25) is 13.1 Å². The van der Waals surface area contributed by atoms with Crippen LogP contribution in [0.5, 0.6) is 0 Å². The van der Waals surface area contributed by atoms with Crippen LogP contribution in [0.1, 0.15) is 20.3 Å². The predicted molar refractivity (Wildman–Crippen MR) is 50.1 cm³/mol. The second kappa shape index (κ2) is 4.62. The van der Waals surface area contributed by atoms with Crippen LogP contribution in [-0.4, -0.2) is 25.3 Å². The maximum absolute atomic E-state index is 11.1. The smallest absolute Gasteiger partial charge is 0.308 e. The summed E-state index contributed by atoms with van der Waals surface area (Å²) in [5.74, 6) is -0.256. The largest absolute Gasteiger partial charge is 0.466 e. The van der Waals surface area contributed by atoms with Gasteiger partial charge in [0.1, 0.15) is 6.23 Å². The fourth-order valence-corrected chi connectivity index (χ4v) is 1.05. The lowest BCUT2D eigenvalue weighted by Crippen LogP contribution is -2.34. The number of esters is 1. The van der Waals surface area contributed by atoms with Crippen molar-refractivity contribution in [3.63, 3.8) is 0 Å². The summed E-state index contributed by atoms with van der Waals surface area (Å²) >= 11 is 0. The van der Waals surface area contributed by atoms with E-state index in [0.717, 1.165) is 6.42 Å². The van der Waals surface area contributed by atoms with E-state index in [2.05, 4.69) is 0 Å². The summed E-state index contributed by atoms with van der Waals surface area (Å²) in [6.07, 6.45) is 0.989. The number of carbonyl (C=O) groups excluding carboxylic acids is 1. The van der Waals surface area contributed by atoms with Gasteiger partial charge in [-0.1, -0.05) is 13.8 Å². The SMILES string of the molecule is CCC(C)C(=O)OC[Si](C)(C)O. The van der Waals surface area contributed by atoms with E-state index >= 15 is 0 Å². The lowest BCUT2D eigenvalue weighted by molar-refractivity contribution is -0.146. The highest BCUT2D eigenvalue weighted by molar-refractivity contribution is 6.69. The van der Waals surface area contributed by atoms with Gasteiger partial charge in [0.15, 0.2) is 0 Å². The molecule has 0 aliphatic heterocycles. The third-order valence-corrected chi connectivity index (χ3v) is 2.43. The van der Waals surface area contributed by atoms with Gasteiger partial charge >= 0.3 is 5.97 Å². The van der Waals surface area contributed by atoms with E-state index in [0.29, 0.717) is 0 Å². The lowest BCUT2D eigenvalue weighted by Gasteiger charge is -2.15. The minimum Gasteiger partial charge on any atom is -0.466 e. The molecule has 0 bridgehead atoms. The topological polar surface area (TPSA) is 46.5 Å². The molecule has 1 N–H and O–H groups in total. The minimum atomic E-state index is -2.22. The fourth-order valence-electron chi connectivity index (χ4n) is 0.557. The number of rotatable bonds is 4. The molecule has 0 aliphatic carbocycles. The first-order valence-corrected chi connectivity index (χ1v) is 7.41. The highest BCUT2D eigenvalue weighted by Crippen LogP contribution is 2.05. The zero-order valence-corrected chi connectivity index (χ0v) is 9.26. The van der Waals surface area contributed by atoms with Gasteiger partial charge in [-0.05, 0) is 19.5 Å². The van der Waals surface area contributed by atoms with E-state index in [1.165, 1.54) is 0 Å². The molecule has 0 amide bonds. The molecule has 0 aromatic carbocycles. The number of hydrogen-bond donors (Lipinski definition) is 1. The summed E-state index contributed by atoms with van der Waals surface area (Å²) in [6.45, 7) is 7.26. The maximum Gasteiger partial charge on any atom is 0.308 e. The van der Waals surface area contributed by atoms with Crippen LogP contribution in [0.3, 0.4) is 0 Å². The maximum atomic E-state index is 11.1. The Morgan fingerprint density at radius 1 is 1.58 bits per heavy atom. The molecular formula is C8H18O3Si. The molecule has 12 heavy (non-hydrogen) atoms. The van der Waals surface area contributed by atoms with Gasteiger partial charge in [0.25, 0.3) is 0 Å². The monoisotopic (exact) mass is 190 g/mol. The highest BCUT2D eigenvalue weighted by Gasteiger charge is 2.21. The van der Waals surface area contributed by atoms with Crippen molar-refractivity contribution >= 4 is 14.3 Å². The van der Waals surface area contributed by atoms with Crippen molar-refractivity contribution in [2.45, 2.75) is 33.4 Å². The van der Waals surface area contributed by atoms with Gasteiger partial charge < -0.3 is 9.53 Å². The van der Waals surface area contributed by atoms with E-state index in [4.69, 9.17) is 4.74 Å². The summed E-state index contributed by atoms with van der Waals surface area (Å²) in [5, 5.41) is 0. The van der Waals surface area contributed by atoms with Crippen LogP contribution in [-0.2, 0) is 9.53 Å². The molecule has 0 aromatic rings. The molecule has 0 spiro atoms. The first-order valence-electron chi connectivity index (χ1n) is 4.26. The molecule has 0 rings (SSSR count). The molecule has 0 heterocycles. The summed E-state index contributed by atoms with van der Waals surface area (Å²) in [6, 6.07) is 0. The number of hydrogen-bond acceptors (Lipinski definition) is 3. The Kier molecular flexibility index (Phi) is 4.48. The van der Waals surface area contributed by atoms with Crippen molar-refractivity contribution in [3.05, 3.63) is 0 Å². The van der Waals surface area contributed by atoms with Gasteiger partial charge in [-0.25, -0.2) is 0 Å². The van der Waals surface area contributed by atoms with Crippen molar-refractivity contribution in [1.82, 2.24) is 0 Å². The molecule has 0 saturated carbocycles. The second-order valence-corrected chi connectivity index (χ2v) is 7.64. The summed E-state index contributed by atoms with van der Waals surface area (Å²) in [7, 11) is -2.22. The average molecular weight is 190 g/mol. The van der Waals surface area contributed by atoms with Crippen LogP contribution in [0.25, 0.3) is 0 Å². The Balaban J connectivity index is 3.72. The van der Waals surface area contributed by atoms with Gasteiger partial charge in [0.2, 0.25) is 8.32 Å². The highest BCUT2D eigenvalue weighted by atomic mass is 28.4. The Hall–Kier alpha value is -0.353. The van der Waals surface area contributed by atoms with Crippen LogP contribution in [0.15, 0.2) is 0 Å². The molecule has 0 aliphatic rings. The second-order valence-electron chi connectivity index (χ2n) is 3.73. The number of ether oxygens (including phenoxy) is 1. The fraction of sp³-hybridized carbons (Fsp3) is 0.875. The van der Waals surface area contributed by atoms with Crippen LogP contribution in [0.4, 0.5) is 0 Å². The molecule has 0 aromatic heterocycles. The van der Waals surface area contributed by atoms with Gasteiger partial charge in [0, 0.05) is 0 Å². The number of carbonyl (C=O) groups is 1. The molecule has 0 radical (unpaired) electrons. The van der Waals surface area contributed by atoms with Gasteiger partial charge in [-0.3, -0.25) is 4.79 Å². The standard InChI is InChI=1S/C8H18O3Si/c1-5-7(2)8(9)11-6-12(3,4)10/h7,10H,5-6H2,1-4H3. The van der Waals surface area contributed by atoms with Crippen molar-refractivity contribution in [3.8, 4) is 0 Å². The molecule has 1 unspecified atom stereocenters. The van der Waals surface area contributed by atoms with Crippen LogP contribution >= 0.6 is 0 Å². The Labute approximate surface area is 74.9 Å². The molecule has 72 valence electrons. The van der Waals surface area contributed by atoms with Crippen molar-refractivity contribution in [1.29, 1.82) is 0 Å². The Bertz CT molecular complexity index is 151. The minimum absolute atomic E-state index is 0.0543. The van der Waals surface area contributed by atoms with Crippen molar-refractivity contribution in [2.75, 3.05) is 6.23 Å². The third kappa shape index (κ3) is 5.32. The zero-order valence-electron chi connectivity index (χ0n) is 8.26. The van der Waals surface area contributed by atoms with Crippen molar-refractivity contribution < 1.29 is 14.3 Å². The van der Waals surface area contributed by atoms with Crippen molar-refractivity contribution in [2.24, 2.45) is 5.92 Å². The first-order chi connectivity index (χ1) is 5.37. The molecule has 0 saturated heterocycles. The third-order valence-electron chi connectivity index (χ3n) is 1.58. The molecule has 0 fully saturated rings. The lowest BCUT2D eigenvalue weighted by atomic mass is 10.1. The summed E-state index contributed by atoms with van der Waals surface area (Å²) in [5.41, 5.74) is 0. The average Bonchev–Trinajstić information content (AvgIpc) is 1.97. The molecule has 1 atom stereocenters. The normalized spacial score (nSPS) is 14.1. The van der Waals surface area contributed by atoms with E-state index in [1.807, 2.05) is 13.8 Å². The van der Waals surface area contributed by atoms with Crippen LogP contribution in [0, 0.1) is 5.92 Å². The molecule has 4 heteroatoms. The first kappa shape index (κ1) is 11.6. The van der Waals surface area contributed by atoms with E-state index in [-0.39, 0.29) is 18.1 Å². The molecule has 3 nitrogen and oxygen atoms in total. The predicted octanol–water partition coefficient (Wildman–Crippen LogP) is 1.31. The van der Waals surface area contributed by atoms with Crippen LogP contribution < -0.4 is 0 Å².